The summed E-state index contributed by atoms with van der Waals surface area (Å²) < 4.78 is 5.74. The lowest BCUT2D eigenvalue weighted by atomic mass is 10.1. The number of benzene rings is 3. The molecule has 1 heterocycles. The summed E-state index contributed by atoms with van der Waals surface area (Å²) in [7, 11) is 0. The predicted molar refractivity (Wildman–Crippen MR) is 114 cm³/mol. The highest BCUT2D eigenvalue weighted by atomic mass is 32.2. The summed E-state index contributed by atoms with van der Waals surface area (Å²) in [5.74, 6) is 0.278. The van der Waals surface area contributed by atoms with Gasteiger partial charge in [0.2, 0.25) is 0 Å². The van der Waals surface area contributed by atoms with Gasteiger partial charge in [-0.05, 0) is 42.8 Å². The summed E-state index contributed by atoms with van der Waals surface area (Å²) in [5, 5.41) is 3.44. The van der Waals surface area contributed by atoms with Gasteiger partial charge in [-0.2, -0.15) is 0 Å². The van der Waals surface area contributed by atoms with Crippen molar-refractivity contribution in [1.82, 2.24) is 4.98 Å². The second-order valence-electron chi connectivity index (χ2n) is 6.48. The Morgan fingerprint density at radius 2 is 1.79 bits per heavy atom. The summed E-state index contributed by atoms with van der Waals surface area (Å²) >= 11 is 1.44. The van der Waals surface area contributed by atoms with Gasteiger partial charge in [0.05, 0.1) is 0 Å². The molecule has 0 aliphatic heterocycles. The molecule has 3 aromatic carbocycles. The third kappa shape index (κ3) is 4.38. The number of anilines is 1. The van der Waals surface area contributed by atoms with Crippen LogP contribution >= 0.6 is 11.8 Å². The molecule has 0 aliphatic carbocycles. The van der Waals surface area contributed by atoms with Gasteiger partial charge in [-0.3, -0.25) is 9.59 Å². The van der Waals surface area contributed by atoms with E-state index in [-0.39, 0.29) is 11.7 Å². The van der Waals surface area contributed by atoms with E-state index in [2.05, 4.69) is 10.3 Å². The Morgan fingerprint density at radius 1 is 1.00 bits per heavy atom. The largest absolute Gasteiger partial charge is 0.431 e. The first-order valence-electron chi connectivity index (χ1n) is 9.09. The van der Waals surface area contributed by atoms with E-state index >= 15 is 0 Å². The van der Waals surface area contributed by atoms with E-state index in [0.29, 0.717) is 27.8 Å². The Bertz CT molecular complexity index is 1170. The van der Waals surface area contributed by atoms with Crippen molar-refractivity contribution in [1.29, 1.82) is 0 Å². The monoisotopic (exact) mass is 402 g/mol. The molecule has 1 N–H and O–H groups in total. The highest BCUT2D eigenvalue weighted by Crippen LogP contribution is 2.27. The van der Waals surface area contributed by atoms with Crippen LogP contribution in [0.15, 0.2) is 82.4 Å². The predicted octanol–water partition coefficient (Wildman–Crippen LogP) is 5.58. The molecule has 6 heteroatoms. The summed E-state index contributed by atoms with van der Waals surface area (Å²) in [6.07, 6.45) is 0. The molecule has 0 bridgehead atoms. The fourth-order valence-electron chi connectivity index (χ4n) is 2.93. The molecule has 0 unspecified atom stereocenters. The van der Waals surface area contributed by atoms with Gasteiger partial charge < -0.3 is 9.73 Å². The quantitative estimate of drug-likeness (QED) is 0.337. The number of Topliss-reactive ketones (excluding diaryl/α,β-unsaturated/α-hetero) is 1. The minimum Gasteiger partial charge on any atom is -0.431 e. The van der Waals surface area contributed by atoms with Crippen molar-refractivity contribution in [2.24, 2.45) is 0 Å². The van der Waals surface area contributed by atoms with Gasteiger partial charge in [-0.25, -0.2) is 4.98 Å². The molecule has 5 nitrogen and oxygen atoms in total. The Morgan fingerprint density at radius 3 is 2.62 bits per heavy atom. The topological polar surface area (TPSA) is 72.2 Å². The minimum absolute atomic E-state index is 0.0452. The third-order valence-electron chi connectivity index (χ3n) is 4.41. The Balaban J connectivity index is 1.50. The number of oxazole rings is 1. The number of fused-ring (bicyclic) bond motifs is 1. The summed E-state index contributed by atoms with van der Waals surface area (Å²) in [5.41, 5.74) is 4.15. The van der Waals surface area contributed by atoms with Gasteiger partial charge in [-0.15, -0.1) is 0 Å². The summed E-state index contributed by atoms with van der Waals surface area (Å²) in [4.78, 5) is 28.8. The summed E-state index contributed by atoms with van der Waals surface area (Å²) in [6, 6.07) is 21.9. The normalized spacial score (nSPS) is 10.8. The van der Waals surface area contributed by atoms with Crippen molar-refractivity contribution in [3.63, 3.8) is 0 Å². The average Bonchev–Trinajstić information content (AvgIpc) is 3.15. The first-order chi connectivity index (χ1) is 14.1. The number of thioether (sulfide) groups is 1. The third-order valence-corrected chi connectivity index (χ3v) is 5.29. The van der Waals surface area contributed by atoms with E-state index in [9.17, 15) is 9.59 Å². The zero-order chi connectivity index (χ0) is 20.2. The molecule has 0 atom stereocenters. The number of nitrogens with one attached hydrogen (secondary N) is 1. The van der Waals surface area contributed by atoms with E-state index in [1.54, 1.807) is 30.3 Å². The maximum atomic E-state index is 12.8. The van der Waals surface area contributed by atoms with Crippen molar-refractivity contribution in [3.8, 4) is 0 Å². The van der Waals surface area contributed by atoms with Crippen molar-refractivity contribution < 1.29 is 14.0 Å². The number of rotatable bonds is 6. The van der Waals surface area contributed by atoms with E-state index in [1.165, 1.54) is 18.7 Å². The Kier molecular flexibility index (Phi) is 5.44. The fourth-order valence-corrected chi connectivity index (χ4v) is 3.78. The lowest BCUT2D eigenvalue weighted by Gasteiger charge is -2.10. The maximum absolute atomic E-state index is 12.8. The zero-order valence-electron chi connectivity index (χ0n) is 15.7. The number of hydrogen-bond donors (Lipinski definition) is 1. The molecular weight excluding hydrogens is 384 g/mol. The highest BCUT2D eigenvalue weighted by molar-refractivity contribution is 7.98. The molecule has 29 heavy (non-hydrogen) atoms. The minimum atomic E-state index is -0.223. The number of nitrogens with zero attached hydrogens (tertiary/aromatic N) is 1. The van der Waals surface area contributed by atoms with Gasteiger partial charge >= 0.3 is 0 Å². The molecule has 0 spiro atoms. The number of carbonyl (C=O) groups excluding carboxylic acids is 2. The Labute approximate surface area is 172 Å². The molecule has 1 amide bonds. The van der Waals surface area contributed by atoms with Crippen LogP contribution in [0.4, 0.5) is 5.69 Å². The van der Waals surface area contributed by atoms with E-state index in [1.807, 2.05) is 42.5 Å². The second kappa shape index (κ2) is 8.32. The maximum Gasteiger partial charge on any atom is 0.257 e. The second-order valence-corrected chi connectivity index (χ2v) is 7.41. The van der Waals surface area contributed by atoms with Gasteiger partial charge in [0.25, 0.3) is 11.1 Å². The standard InChI is InChI=1S/C23H18N2O3S/c1-15(26)16-8-6-9-18(13-16)24-22(27)19-10-3-2-7-17(19)14-29-23-25-20-11-4-5-12-21(20)28-23/h2-13H,14H2,1H3,(H,24,27). The van der Waals surface area contributed by atoms with Crippen LogP contribution in [-0.4, -0.2) is 16.7 Å². The fraction of sp³-hybridized carbons (Fsp3) is 0.0870. The van der Waals surface area contributed by atoms with E-state index < -0.39 is 0 Å². The number of carbonyl (C=O) groups is 2. The van der Waals surface area contributed by atoms with Crippen LogP contribution in [0, 0.1) is 0 Å². The molecule has 0 aliphatic rings. The molecule has 0 saturated carbocycles. The average molecular weight is 402 g/mol. The van der Waals surface area contributed by atoms with Crippen LogP contribution in [0.3, 0.4) is 0 Å². The van der Waals surface area contributed by atoms with Crippen molar-refractivity contribution in [3.05, 3.63) is 89.5 Å². The van der Waals surface area contributed by atoms with Crippen molar-refractivity contribution in [2.75, 3.05) is 5.32 Å². The molecule has 4 rings (SSSR count). The number of hydrogen-bond acceptors (Lipinski definition) is 5. The van der Waals surface area contributed by atoms with Crippen LogP contribution in [0.5, 0.6) is 0 Å². The van der Waals surface area contributed by atoms with Gasteiger partial charge in [0, 0.05) is 22.6 Å². The van der Waals surface area contributed by atoms with Crippen molar-refractivity contribution >= 4 is 40.2 Å². The number of aromatic nitrogens is 1. The van der Waals surface area contributed by atoms with E-state index in [4.69, 9.17) is 4.42 Å². The van der Waals surface area contributed by atoms with Crippen LogP contribution in [-0.2, 0) is 5.75 Å². The van der Waals surface area contributed by atoms with Crippen LogP contribution in [0.2, 0.25) is 0 Å². The Hall–Kier alpha value is -3.38. The van der Waals surface area contributed by atoms with Crippen LogP contribution in [0.25, 0.3) is 11.1 Å². The molecule has 1 aromatic heterocycles. The smallest absolute Gasteiger partial charge is 0.257 e. The molecule has 0 radical (unpaired) electrons. The first kappa shape index (κ1) is 19.0. The zero-order valence-corrected chi connectivity index (χ0v) is 16.5. The number of ketones is 1. The van der Waals surface area contributed by atoms with Crippen LogP contribution < -0.4 is 5.32 Å². The molecule has 144 valence electrons. The van der Waals surface area contributed by atoms with Crippen LogP contribution in [0.1, 0.15) is 33.2 Å². The van der Waals surface area contributed by atoms with Crippen molar-refractivity contribution in [2.45, 2.75) is 17.9 Å². The van der Waals surface area contributed by atoms with Gasteiger partial charge in [-0.1, -0.05) is 54.2 Å². The number of para-hydroxylation sites is 2. The molecule has 0 saturated heterocycles. The summed E-state index contributed by atoms with van der Waals surface area (Å²) in [6.45, 7) is 1.50. The molecule has 4 aromatic rings. The lowest BCUT2D eigenvalue weighted by molar-refractivity contribution is 0.101. The lowest BCUT2D eigenvalue weighted by Crippen LogP contribution is -2.14. The molecular formula is C23H18N2O3S. The van der Waals surface area contributed by atoms with E-state index in [0.717, 1.165) is 16.7 Å². The number of amides is 1. The molecule has 0 fully saturated rings. The SMILES string of the molecule is CC(=O)c1cccc(NC(=O)c2ccccc2CSc2nc3ccccc3o2)c1. The van der Waals surface area contributed by atoms with Gasteiger partial charge in [0.15, 0.2) is 11.4 Å². The highest BCUT2D eigenvalue weighted by Gasteiger charge is 2.14. The van der Waals surface area contributed by atoms with Gasteiger partial charge in [0.1, 0.15) is 5.52 Å². The first-order valence-corrected chi connectivity index (χ1v) is 10.1.